The highest BCUT2D eigenvalue weighted by Crippen LogP contribution is 2.37. The van der Waals surface area contributed by atoms with Crippen molar-refractivity contribution >= 4 is 23.9 Å². The van der Waals surface area contributed by atoms with Crippen molar-refractivity contribution in [2.24, 2.45) is 0 Å². The van der Waals surface area contributed by atoms with Gasteiger partial charge < -0.3 is 4.57 Å². The van der Waals surface area contributed by atoms with Gasteiger partial charge in [-0.15, -0.1) is 0 Å². The van der Waals surface area contributed by atoms with Crippen LogP contribution in [-0.2, 0) is 9.59 Å². The molecule has 2 fully saturated rings. The molecule has 0 atom stereocenters. The maximum Gasteiger partial charge on any atom is 0.331 e. The molecule has 1 aromatic heterocycles. The number of aromatic nitrogens is 1. The van der Waals surface area contributed by atoms with Crippen molar-refractivity contribution in [3.8, 4) is 28.2 Å². The molecule has 2 heterocycles. The van der Waals surface area contributed by atoms with Crippen LogP contribution in [-0.4, -0.2) is 33.4 Å². The van der Waals surface area contributed by atoms with Crippen molar-refractivity contribution in [2.75, 3.05) is 0 Å². The number of barbiturate groups is 1. The lowest BCUT2D eigenvalue weighted by atomic mass is 9.93. The molecule has 6 heteroatoms. The van der Waals surface area contributed by atoms with Gasteiger partial charge in [-0.25, -0.2) is 4.79 Å². The van der Waals surface area contributed by atoms with Crippen LogP contribution in [0.15, 0.2) is 103 Å². The number of rotatable bonds is 5. The molecule has 0 radical (unpaired) electrons. The van der Waals surface area contributed by atoms with Crippen LogP contribution >= 0.6 is 0 Å². The van der Waals surface area contributed by atoms with Crippen molar-refractivity contribution in [2.45, 2.75) is 38.1 Å². The summed E-state index contributed by atoms with van der Waals surface area (Å²) in [5.74, 6) is -1.19. The van der Waals surface area contributed by atoms with E-state index in [1.807, 2.05) is 97.1 Å². The molecule has 0 bridgehead atoms. The third kappa shape index (κ3) is 4.70. The van der Waals surface area contributed by atoms with Crippen molar-refractivity contribution in [1.29, 1.82) is 0 Å². The van der Waals surface area contributed by atoms with Crippen LogP contribution in [0, 0.1) is 0 Å². The van der Waals surface area contributed by atoms with E-state index in [0.29, 0.717) is 0 Å². The molecule has 2 aliphatic rings. The smallest absolute Gasteiger partial charge is 0.309 e. The van der Waals surface area contributed by atoms with Crippen LogP contribution < -0.4 is 5.32 Å². The number of hydrogen-bond donors (Lipinski definition) is 1. The first-order valence-electron chi connectivity index (χ1n) is 13.4. The van der Waals surface area contributed by atoms with Gasteiger partial charge in [-0.1, -0.05) is 98.1 Å². The largest absolute Gasteiger partial charge is 0.331 e. The third-order valence-corrected chi connectivity index (χ3v) is 7.53. The number of imide groups is 2. The lowest BCUT2D eigenvalue weighted by Gasteiger charge is -2.35. The number of urea groups is 1. The normalized spacial score (nSPS) is 17.5. The lowest BCUT2D eigenvalue weighted by molar-refractivity contribution is -0.132. The van der Waals surface area contributed by atoms with Gasteiger partial charge in [0.1, 0.15) is 5.57 Å². The molecule has 4 amide bonds. The number of amides is 4. The van der Waals surface area contributed by atoms with Crippen LogP contribution in [0.5, 0.6) is 0 Å². The second-order valence-corrected chi connectivity index (χ2v) is 10.0. The minimum atomic E-state index is -0.662. The fraction of sp³-hybridized carbons (Fsp3) is 0.182. The van der Waals surface area contributed by atoms with Gasteiger partial charge in [-0.2, -0.15) is 0 Å². The van der Waals surface area contributed by atoms with Crippen molar-refractivity contribution in [3.05, 3.63) is 108 Å². The number of benzene rings is 3. The zero-order valence-corrected chi connectivity index (χ0v) is 21.5. The highest BCUT2D eigenvalue weighted by molar-refractivity contribution is 6.31. The van der Waals surface area contributed by atoms with Gasteiger partial charge in [-0.05, 0) is 48.2 Å². The first kappa shape index (κ1) is 24.6. The second kappa shape index (κ2) is 10.6. The van der Waals surface area contributed by atoms with E-state index in [1.54, 1.807) is 6.08 Å². The van der Waals surface area contributed by atoms with E-state index >= 15 is 0 Å². The van der Waals surface area contributed by atoms with Gasteiger partial charge in [0.15, 0.2) is 0 Å². The second-order valence-electron chi connectivity index (χ2n) is 10.0. The van der Waals surface area contributed by atoms with Gasteiger partial charge in [0, 0.05) is 17.3 Å². The van der Waals surface area contributed by atoms with Gasteiger partial charge in [0.05, 0.1) is 11.4 Å². The first-order chi connectivity index (χ1) is 19.1. The Hall–Kier alpha value is -4.71. The summed E-state index contributed by atoms with van der Waals surface area (Å²) in [6.45, 7) is 0. The summed E-state index contributed by atoms with van der Waals surface area (Å²) in [6, 6.07) is 31.2. The Labute approximate surface area is 227 Å². The van der Waals surface area contributed by atoms with Crippen LogP contribution in [0.25, 0.3) is 34.3 Å². The Balaban J connectivity index is 1.56. The fourth-order valence-corrected chi connectivity index (χ4v) is 5.70. The van der Waals surface area contributed by atoms with Crippen molar-refractivity contribution in [1.82, 2.24) is 14.8 Å². The zero-order chi connectivity index (χ0) is 26.8. The van der Waals surface area contributed by atoms with E-state index in [4.69, 9.17) is 0 Å². The number of para-hydroxylation sites is 1. The monoisotopic (exact) mass is 515 g/mol. The molecule has 1 aliphatic heterocycles. The standard InChI is InChI=1S/C33H29N3O3/c37-31-28(32(38)36(33(39)34-31)27-19-11-4-12-20-27)21-25-22-29(23-13-5-1-6-14-23)35(26-17-9-3-10-18-26)30(25)24-15-7-2-8-16-24/h1-3,5-10,13-18,21-22,27H,4,11-12,19-20H2,(H,34,37,39). The van der Waals surface area contributed by atoms with Crippen LogP contribution in [0.3, 0.4) is 0 Å². The lowest BCUT2D eigenvalue weighted by Crippen LogP contribution is -2.58. The summed E-state index contributed by atoms with van der Waals surface area (Å²) in [6.07, 6.45) is 6.20. The Kier molecular flexibility index (Phi) is 6.68. The summed E-state index contributed by atoms with van der Waals surface area (Å²) in [4.78, 5) is 40.8. The van der Waals surface area contributed by atoms with E-state index in [1.165, 1.54) is 4.90 Å². The Morgan fingerprint density at radius 2 is 1.31 bits per heavy atom. The molecule has 1 saturated carbocycles. The molecule has 6 rings (SSSR count). The van der Waals surface area contributed by atoms with Crippen LogP contribution in [0.1, 0.15) is 37.7 Å². The molecule has 1 saturated heterocycles. The predicted octanol–water partition coefficient (Wildman–Crippen LogP) is 6.61. The quantitative estimate of drug-likeness (QED) is 0.240. The number of hydrogen-bond acceptors (Lipinski definition) is 3. The molecular weight excluding hydrogens is 486 g/mol. The van der Waals surface area contributed by atoms with E-state index in [2.05, 4.69) is 9.88 Å². The summed E-state index contributed by atoms with van der Waals surface area (Å²) in [5.41, 5.74) is 5.38. The minimum absolute atomic E-state index is 0.0258. The highest BCUT2D eigenvalue weighted by Gasteiger charge is 2.40. The van der Waals surface area contributed by atoms with E-state index in [0.717, 1.165) is 65.9 Å². The predicted molar refractivity (Wildman–Crippen MR) is 152 cm³/mol. The molecule has 1 aliphatic carbocycles. The Morgan fingerprint density at radius 3 is 1.95 bits per heavy atom. The summed E-state index contributed by atoms with van der Waals surface area (Å²) >= 11 is 0. The minimum Gasteiger partial charge on any atom is -0.309 e. The molecule has 39 heavy (non-hydrogen) atoms. The molecule has 194 valence electrons. The molecule has 0 spiro atoms. The molecule has 4 aromatic rings. The summed E-state index contributed by atoms with van der Waals surface area (Å²) in [5, 5.41) is 2.42. The van der Waals surface area contributed by atoms with Crippen molar-refractivity contribution in [3.63, 3.8) is 0 Å². The average Bonchev–Trinajstić information content (AvgIpc) is 3.36. The first-order valence-corrected chi connectivity index (χ1v) is 13.4. The Morgan fingerprint density at radius 1 is 0.718 bits per heavy atom. The number of carbonyl (C=O) groups excluding carboxylic acids is 3. The summed E-state index contributed by atoms with van der Waals surface area (Å²) < 4.78 is 2.16. The molecule has 6 nitrogen and oxygen atoms in total. The molecule has 1 N–H and O–H groups in total. The summed E-state index contributed by atoms with van der Waals surface area (Å²) in [7, 11) is 0. The fourth-order valence-electron chi connectivity index (χ4n) is 5.70. The topological polar surface area (TPSA) is 71.4 Å². The number of nitrogens with zero attached hydrogens (tertiary/aromatic N) is 2. The molecule has 0 unspecified atom stereocenters. The van der Waals surface area contributed by atoms with E-state index in [-0.39, 0.29) is 11.6 Å². The molecule has 3 aromatic carbocycles. The number of carbonyl (C=O) groups is 3. The maximum absolute atomic E-state index is 13.7. The van der Waals surface area contributed by atoms with E-state index in [9.17, 15) is 14.4 Å². The number of nitrogens with one attached hydrogen (secondary N) is 1. The van der Waals surface area contributed by atoms with Gasteiger partial charge in [0.2, 0.25) is 0 Å². The maximum atomic E-state index is 13.7. The molecular formula is C33H29N3O3. The van der Waals surface area contributed by atoms with Crippen LogP contribution in [0.4, 0.5) is 4.79 Å². The zero-order valence-electron chi connectivity index (χ0n) is 21.5. The van der Waals surface area contributed by atoms with Crippen LogP contribution in [0.2, 0.25) is 0 Å². The van der Waals surface area contributed by atoms with E-state index < -0.39 is 17.8 Å². The van der Waals surface area contributed by atoms with Gasteiger partial charge >= 0.3 is 6.03 Å². The third-order valence-electron chi connectivity index (χ3n) is 7.53. The van der Waals surface area contributed by atoms with Gasteiger partial charge in [-0.3, -0.25) is 19.8 Å². The average molecular weight is 516 g/mol. The van der Waals surface area contributed by atoms with Gasteiger partial charge in [0.25, 0.3) is 11.8 Å². The Bertz CT molecular complexity index is 1550. The SMILES string of the molecule is O=C1NC(=O)N(C2CCCCC2)C(=O)C1=Cc1cc(-c2ccccc2)n(-c2ccccc2)c1-c1ccccc1. The van der Waals surface area contributed by atoms with Crippen molar-refractivity contribution < 1.29 is 14.4 Å². The highest BCUT2D eigenvalue weighted by atomic mass is 16.2.